The summed E-state index contributed by atoms with van der Waals surface area (Å²) in [4.78, 5) is 13.1. The number of carbonyl (C=O) groups excluding carboxylic acids is 1. The molecule has 0 unspecified atom stereocenters. The Morgan fingerprint density at radius 3 is 2.65 bits per heavy atom. The summed E-state index contributed by atoms with van der Waals surface area (Å²) in [6, 6.07) is 17.2. The topological polar surface area (TPSA) is 92.5 Å². The number of hydrogen-bond donors (Lipinski definition) is 1. The molecule has 0 saturated carbocycles. The SMILES string of the molecule is CCc1ccccc1NC(=O)[C@H]1CCCN(S(=O)(=O)c2c(C)noc2/C=C/c2ccccc2)C1. The molecule has 1 fully saturated rings. The molecule has 0 bridgehead atoms. The third kappa shape index (κ3) is 5.13. The standard InChI is InChI=1S/C26H29N3O4S/c1-3-21-12-7-8-14-23(21)27-26(30)22-13-9-17-29(18-22)34(31,32)25-19(2)28-33-24(25)16-15-20-10-5-4-6-11-20/h4-8,10-12,14-16,22H,3,9,13,17-18H2,1-2H3,(H,27,30)/b16-15+/t22-/m0/s1. The first-order valence-electron chi connectivity index (χ1n) is 11.5. The van der Waals surface area contributed by atoms with Gasteiger partial charge in [0.15, 0.2) is 10.7 Å². The van der Waals surface area contributed by atoms with Crippen molar-refractivity contribution in [3.05, 3.63) is 77.2 Å². The summed E-state index contributed by atoms with van der Waals surface area (Å²) in [6.07, 6.45) is 5.45. The molecule has 0 spiro atoms. The van der Waals surface area contributed by atoms with Crippen molar-refractivity contribution in [3.63, 3.8) is 0 Å². The van der Waals surface area contributed by atoms with E-state index in [1.54, 1.807) is 19.1 Å². The second-order valence-corrected chi connectivity index (χ2v) is 10.3. The number of aromatic nitrogens is 1. The second kappa shape index (κ2) is 10.4. The molecule has 1 aromatic heterocycles. The maximum atomic E-state index is 13.6. The van der Waals surface area contributed by atoms with Crippen molar-refractivity contribution in [1.29, 1.82) is 0 Å². The van der Waals surface area contributed by atoms with Gasteiger partial charge in [-0.15, -0.1) is 0 Å². The normalized spacial score (nSPS) is 17.2. The molecule has 178 valence electrons. The number of rotatable bonds is 7. The first kappa shape index (κ1) is 23.9. The Labute approximate surface area is 200 Å². The van der Waals surface area contributed by atoms with Crippen molar-refractivity contribution in [2.24, 2.45) is 5.92 Å². The van der Waals surface area contributed by atoms with E-state index in [-0.39, 0.29) is 23.1 Å². The second-order valence-electron chi connectivity index (χ2n) is 8.41. The van der Waals surface area contributed by atoms with Crippen molar-refractivity contribution < 1.29 is 17.7 Å². The number of benzene rings is 2. The minimum atomic E-state index is -3.89. The lowest BCUT2D eigenvalue weighted by atomic mass is 9.98. The molecule has 1 aliphatic rings. The molecule has 1 atom stereocenters. The van der Waals surface area contributed by atoms with E-state index in [4.69, 9.17) is 4.52 Å². The van der Waals surface area contributed by atoms with Crippen LogP contribution in [0.5, 0.6) is 0 Å². The van der Waals surface area contributed by atoms with Crippen LogP contribution in [0.2, 0.25) is 0 Å². The Kier molecular flexibility index (Phi) is 7.29. The number of nitrogens with zero attached hydrogens (tertiary/aromatic N) is 2. The lowest BCUT2D eigenvalue weighted by Crippen LogP contribution is -2.44. The summed E-state index contributed by atoms with van der Waals surface area (Å²) < 4.78 is 33.9. The molecule has 0 aliphatic carbocycles. The number of para-hydroxylation sites is 1. The van der Waals surface area contributed by atoms with E-state index < -0.39 is 15.9 Å². The largest absolute Gasteiger partial charge is 0.355 e. The van der Waals surface area contributed by atoms with Crippen molar-refractivity contribution in [3.8, 4) is 0 Å². The van der Waals surface area contributed by atoms with Crippen molar-refractivity contribution in [2.45, 2.75) is 38.0 Å². The van der Waals surface area contributed by atoms with Gasteiger partial charge in [0.25, 0.3) is 0 Å². The van der Waals surface area contributed by atoms with Gasteiger partial charge < -0.3 is 9.84 Å². The average Bonchev–Trinajstić information content (AvgIpc) is 3.24. The summed E-state index contributed by atoms with van der Waals surface area (Å²) in [7, 11) is -3.89. The first-order chi connectivity index (χ1) is 16.4. The van der Waals surface area contributed by atoms with Gasteiger partial charge in [-0.25, -0.2) is 8.42 Å². The summed E-state index contributed by atoms with van der Waals surface area (Å²) in [5, 5.41) is 6.90. The zero-order chi connectivity index (χ0) is 24.1. The van der Waals surface area contributed by atoms with Gasteiger partial charge in [-0.2, -0.15) is 4.31 Å². The number of hydrogen-bond acceptors (Lipinski definition) is 5. The molecule has 4 rings (SSSR count). The number of aryl methyl sites for hydroxylation is 2. The van der Waals surface area contributed by atoms with Crippen molar-refractivity contribution in [2.75, 3.05) is 18.4 Å². The molecule has 1 N–H and O–H groups in total. The van der Waals surface area contributed by atoms with E-state index in [1.807, 2.05) is 61.5 Å². The van der Waals surface area contributed by atoms with Crippen LogP contribution in [0.1, 0.15) is 42.3 Å². The minimum Gasteiger partial charge on any atom is -0.355 e. The van der Waals surface area contributed by atoms with Crippen LogP contribution in [0.15, 0.2) is 64.0 Å². The van der Waals surface area contributed by atoms with Crippen LogP contribution in [0.25, 0.3) is 12.2 Å². The van der Waals surface area contributed by atoms with Crippen LogP contribution in [-0.2, 0) is 21.2 Å². The molecule has 0 radical (unpaired) electrons. The Morgan fingerprint density at radius 1 is 1.15 bits per heavy atom. The molecule has 2 heterocycles. The van der Waals surface area contributed by atoms with Gasteiger partial charge in [0, 0.05) is 18.8 Å². The fourth-order valence-corrected chi connectivity index (χ4v) is 6.00. The third-order valence-corrected chi connectivity index (χ3v) is 8.09. The van der Waals surface area contributed by atoms with Crippen LogP contribution in [-0.4, -0.2) is 36.9 Å². The lowest BCUT2D eigenvalue weighted by molar-refractivity contribution is -0.120. The van der Waals surface area contributed by atoms with E-state index in [0.717, 1.165) is 23.2 Å². The van der Waals surface area contributed by atoms with Crippen molar-refractivity contribution in [1.82, 2.24) is 9.46 Å². The monoisotopic (exact) mass is 479 g/mol. The third-order valence-electron chi connectivity index (χ3n) is 6.07. The summed E-state index contributed by atoms with van der Waals surface area (Å²) in [5.41, 5.74) is 3.04. The molecule has 7 nitrogen and oxygen atoms in total. The summed E-state index contributed by atoms with van der Waals surface area (Å²) >= 11 is 0. The molecular weight excluding hydrogens is 450 g/mol. The van der Waals surface area contributed by atoms with Gasteiger partial charge in [0.05, 0.1) is 5.92 Å². The van der Waals surface area contributed by atoms with Crippen LogP contribution < -0.4 is 5.32 Å². The minimum absolute atomic E-state index is 0.0528. The highest BCUT2D eigenvalue weighted by molar-refractivity contribution is 7.89. The molecule has 1 saturated heterocycles. The van der Waals surface area contributed by atoms with E-state index >= 15 is 0 Å². The Balaban J connectivity index is 1.53. The first-order valence-corrected chi connectivity index (χ1v) is 12.9. The number of piperidine rings is 1. The smallest absolute Gasteiger partial charge is 0.248 e. The average molecular weight is 480 g/mol. The number of anilines is 1. The number of carbonyl (C=O) groups is 1. The zero-order valence-corrected chi connectivity index (χ0v) is 20.2. The van der Waals surface area contributed by atoms with Gasteiger partial charge >= 0.3 is 0 Å². The Hall–Kier alpha value is -3.23. The summed E-state index contributed by atoms with van der Waals surface area (Å²) in [6.45, 7) is 4.12. The molecule has 3 aromatic rings. The number of sulfonamides is 1. The van der Waals surface area contributed by atoms with Crippen LogP contribution in [0.3, 0.4) is 0 Å². The summed E-state index contributed by atoms with van der Waals surface area (Å²) in [5.74, 6) is -0.409. The highest BCUT2D eigenvalue weighted by Crippen LogP contribution is 2.30. The molecule has 8 heteroatoms. The zero-order valence-electron chi connectivity index (χ0n) is 19.4. The van der Waals surface area contributed by atoms with Crippen LogP contribution in [0.4, 0.5) is 5.69 Å². The molecular formula is C26H29N3O4S. The number of amides is 1. The maximum absolute atomic E-state index is 13.6. The highest BCUT2D eigenvalue weighted by Gasteiger charge is 2.37. The van der Waals surface area contributed by atoms with E-state index in [2.05, 4.69) is 10.5 Å². The van der Waals surface area contributed by atoms with Gasteiger partial charge in [-0.1, -0.05) is 66.7 Å². The highest BCUT2D eigenvalue weighted by atomic mass is 32.2. The molecule has 1 aliphatic heterocycles. The van der Waals surface area contributed by atoms with Crippen LogP contribution >= 0.6 is 0 Å². The lowest BCUT2D eigenvalue weighted by Gasteiger charge is -2.31. The predicted molar refractivity (Wildman–Crippen MR) is 133 cm³/mol. The Morgan fingerprint density at radius 2 is 1.88 bits per heavy atom. The molecule has 1 amide bonds. The van der Waals surface area contributed by atoms with Gasteiger partial charge in [-0.3, -0.25) is 4.79 Å². The predicted octanol–water partition coefficient (Wildman–Crippen LogP) is 4.76. The molecule has 2 aromatic carbocycles. The van der Waals surface area contributed by atoms with E-state index in [1.165, 1.54) is 4.31 Å². The maximum Gasteiger partial charge on any atom is 0.248 e. The van der Waals surface area contributed by atoms with Crippen molar-refractivity contribution >= 4 is 33.8 Å². The quantitative estimate of drug-likeness (QED) is 0.528. The molecule has 34 heavy (non-hydrogen) atoms. The van der Waals surface area contributed by atoms with Gasteiger partial charge in [-0.05, 0) is 49.5 Å². The van der Waals surface area contributed by atoms with Gasteiger partial charge in [0.1, 0.15) is 5.69 Å². The van der Waals surface area contributed by atoms with E-state index in [9.17, 15) is 13.2 Å². The van der Waals surface area contributed by atoms with Gasteiger partial charge in [0.2, 0.25) is 15.9 Å². The number of nitrogens with one attached hydrogen (secondary N) is 1. The van der Waals surface area contributed by atoms with Crippen LogP contribution in [0, 0.1) is 12.8 Å². The Bertz CT molecular complexity index is 1280. The fourth-order valence-electron chi connectivity index (χ4n) is 4.22. The fraction of sp³-hybridized carbons (Fsp3) is 0.308. The van der Waals surface area contributed by atoms with E-state index in [0.29, 0.717) is 25.1 Å².